The van der Waals surface area contributed by atoms with Crippen LogP contribution in [0.2, 0.25) is 10.0 Å². The topological polar surface area (TPSA) is 58.6 Å². The molecule has 0 fully saturated rings. The standard InChI is InChI=1S/C20H22Cl2N2O3/c1-13-6-4-5-7-18(13)27-12-19(25)24(14(2)20(26)23-3)11-15-8-9-16(21)17(22)10-15/h4-10,14H,11-12H2,1-3H3,(H,23,26)/t14-/m0/s1. The summed E-state index contributed by atoms with van der Waals surface area (Å²) in [5.41, 5.74) is 1.70. The molecule has 0 aliphatic carbocycles. The average molecular weight is 409 g/mol. The van der Waals surface area contributed by atoms with Gasteiger partial charge in [-0.1, -0.05) is 47.5 Å². The average Bonchev–Trinajstić information content (AvgIpc) is 2.66. The van der Waals surface area contributed by atoms with Crippen molar-refractivity contribution in [2.45, 2.75) is 26.4 Å². The van der Waals surface area contributed by atoms with Crippen molar-refractivity contribution < 1.29 is 14.3 Å². The zero-order valence-corrected chi connectivity index (χ0v) is 17.0. The molecular weight excluding hydrogens is 387 g/mol. The molecule has 2 aromatic carbocycles. The van der Waals surface area contributed by atoms with Gasteiger partial charge in [0.15, 0.2) is 6.61 Å². The van der Waals surface area contributed by atoms with Gasteiger partial charge in [-0.15, -0.1) is 0 Å². The predicted octanol–water partition coefficient (Wildman–Crippen LogP) is 3.84. The van der Waals surface area contributed by atoms with Crippen LogP contribution in [-0.2, 0) is 16.1 Å². The van der Waals surface area contributed by atoms with E-state index in [1.165, 1.54) is 11.9 Å². The Labute approximate surface area is 169 Å². The quantitative estimate of drug-likeness (QED) is 0.756. The molecule has 0 saturated carbocycles. The van der Waals surface area contributed by atoms with Crippen molar-refractivity contribution in [1.29, 1.82) is 0 Å². The third-order valence-electron chi connectivity index (χ3n) is 4.20. The van der Waals surface area contributed by atoms with Crippen molar-refractivity contribution in [2.24, 2.45) is 0 Å². The Morgan fingerprint density at radius 2 is 1.85 bits per heavy atom. The number of ether oxygens (including phenoxy) is 1. The van der Waals surface area contributed by atoms with E-state index in [0.29, 0.717) is 15.8 Å². The van der Waals surface area contributed by atoms with E-state index in [2.05, 4.69) is 5.32 Å². The smallest absolute Gasteiger partial charge is 0.261 e. The molecule has 5 nitrogen and oxygen atoms in total. The van der Waals surface area contributed by atoms with Crippen LogP contribution in [-0.4, -0.2) is 36.4 Å². The van der Waals surface area contributed by atoms with E-state index in [0.717, 1.165) is 11.1 Å². The molecule has 0 aliphatic rings. The SMILES string of the molecule is CNC(=O)[C@H](C)N(Cc1ccc(Cl)c(Cl)c1)C(=O)COc1ccccc1C. The summed E-state index contributed by atoms with van der Waals surface area (Å²) >= 11 is 12.0. The molecule has 0 spiro atoms. The van der Waals surface area contributed by atoms with Gasteiger partial charge in [-0.05, 0) is 43.2 Å². The predicted molar refractivity (Wildman–Crippen MR) is 107 cm³/mol. The Kier molecular flexibility index (Phi) is 7.51. The number of amides is 2. The second-order valence-corrected chi connectivity index (χ2v) is 6.93. The molecule has 0 heterocycles. The third kappa shape index (κ3) is 5.62. The van der Waals surface area contributed by atoms with Crippen LogP contribution in [0.4, 0.5) is 0 Å². The van der Waals surface area contributed by atoms with Gasteiger partial charge in [-0.3, -0.25) is 9.59 Å². The third-order valence-corrected chi connectivity index (χ3v) is 4.93. The van der Waals surface area contributed by atoms with Gasteiger partial charge in [0.1, 0.15) is 11.8 Å². The van der Waals surface area contributed by atoms with Crippen molar-refractivity contribution in [3.05, 3.63) is 63.6 Å². The molecule has 27 heavy (non-hydrogen) atoms. The summed E-state index contributed by atoms with van der Waals surface area (Å²) in [6, 6.07) is 11.9. The number of para-hydroxylation sites is 1. The second-order valence-electron chi connectivity index (χ2n) is 6.11. The first-order valence-corrected chi connectivity index (χ1v) is 9.22. The lowest BCUT2D eigenvalue weighted by molar-refractivity contribution is -0.142. The molecule has 2 rings (SSSR count). The van der Waals surface area contributed by atoms with E-state index in [1.54, 1.807) is 31.2 Å². The minimum atomic E-state index is -0.669. The number of halogens is 2. The number of rotatable bonds is 7. The lowest BCUT2D eigenvalue weighted by Gasteiger charge is -2.28. The van der Waals surface area contributed by atoms with Crippen LogP contribution in [0.15, 0.2) is 42.5 Å². The number of nitrogens with one attached hydrogen (secondary N) is 1. The normalized spacial score (nSPS) is 11.6. The zero-order chi connectivity index (χ0) is 20.0. The van der Waals surface area contributed by atoms with Crippen LogP contribution < -0.4 is 10.1 Å². The van der Waals surface area contributed by atoms with Gasteiger partial charge in [0.25, 0.3) is 5.91 Å². The van der Waals surface area contributed by atoms with Gasteiger partial charge in [-0.25, -0.2) is 0 Å². The van der Waals surface area contributed by atoms with Gasteiger partial charge in [-0.2, -0.15) is 0 Å². The van der Waals surface area contributed by atoms with Gasteiger partial charge in [0.2, 0.25) is 5.91 Å². The van der Waals surface area contributed by atoms with Crippen LogP contribution in [0.5, 0.6) is 5.75 Å². The summed E-state index contributed by atoms with van der Waals surface area (Å²) in [4.78, 5) is 26.4. The van der Waals surface area contributed by atoms with E-state index in [1.807, 2.05) is 25.1 Å². The summed E-state index contributed by atoms with van der Waals surface area (Å²) in [6.07, 6.45) is 0. The van der Waals surface area contributed by atoms with Crippen molar-refractivity contribution in [3.63, 3.8) is 0 Å². The van der Waals surface area contributed by atoms with Crippen molar-refractivity contribution in [1.82, 2.24) is 10.2 Å². The molecule has 0 aliphatic heterocycles. The molecule has 0 saturated heterocycles. The van der Waals surface area contributed by atoms with Gasteiger partial charge in [0.05, 0.1) is 10.0 Å². The molecule has 0 bridgehead atoms. The fourth-order valence-corrected chi connectivity index (χ4v) is 2.89. The lowest BCUT2D eigenvalue weighted by Crippen LogP contribution is -2.48. The highest BCUT2D eigenvalue weighted by molar-refractivity contribution is 6.42. The number of hydrogen-bond donors (Lipinski definition) is 1. The second kappa shape index (κ2) is 9.62. The maximum Gasteiger partial charge on any atom is 0.261 e. The van der Waals surface area contributed by atoms with E-state index in [9.17, 15) is 9.59 Å². The number of benzene rings is 2. The fraction of sp³-hybridized carbons (Fsp3) is 0.300. The molecule has 7 heteroatoms. The largest absolute Gasteiger partial charge is 0.484 e. The number of nitrogens with zero attached hydrogens (tertiary/aromatic N) is 1. The minimum Gasteiger partial charge on any atom is -0.484 e. The van der Waals surface area contributed by atoms with E-state index in [-0.39, 0.29) is 25.0 Å². The minimum absolute atomic E-state index is 0.173. The number of carbonyl (C=O) groups excluding carboxylic acids is 2. The summed E-state index contributed by atoms with van der Waals surface area (Å²) < 4.78 is 5.65. The molecule has 144 valence electrons. The van der Waals surface area contributed by atoms with Crippen LogP contribution in [0.3, 0.4) is 0 Å². The Balaban J connectivity index is 2.17. The molecule has 0 radical (unpaired) electrons. The Hall–Kier alpha value is -2.24. The zero-order valence-electron chi connectivity index (χ0n) is 15.5. The van der Waals surface area contributed by atoms with Crippen LogP contribution in [0.25, 0.3) is 0 Å². The van der Waals surface area contributed by atoms with Crippen LogP contribution in [0.1, 0.15) is 18.1 Å². The molecule has 2 aromatic rings. The molecule has 0 unspecified atom stereocenters. The number of likely N-dealkylation sites (N-methyl/N-ethyl adjacent to an activating group) is 1. The van der Waals surface area contributed by atoms with Crippen molar-refractivity contribution in [2.75, 3.05) is 13.7 Å². The monoisotopic (exact) mass is 408 g/mol. The highest BCUT2D eigenvalue weighted by Gasteiger charge is 2.26. The molecule has 1 atom stereocenters. The highest BCUT2D eigenvalue weighted by Crippen LogP contribution is 2.24. The molecule has 1 N–H and O–H groups in total. The Morgan fingerprint density at radius 3 is 2.48 bits per heavy atom. The first-order chi connectivity index (χ1) is 12.8. The number of hydrogen-bond acceptors (Lipinski definition) is 3. The van der Waals surface area contributed by atoms with E-state index in [4.69, 9.17) is 27.9 Å². The highest BCUT2D eigenvalue weighted by atomic mass is 35.5. The van der Waals surface area contributed by atoms with Gasteiger partial charge >= 0.3 is 0 Å². The number of carbonyl (C=O) groups is 2. The molecule has 2 amide bonds. The van der Waals surface area contributed by atoms with Gasteiger partial charge < -0.3 is 15.0 Å². The van der Waals surface area contributed by atoms with E-state index >= 15 is 0 Å². The summed E-state index contributed by atoms with van der Waals surface area (Å²) in [5, 5.41) is 3.39. The van der Waals surface area contributed by atoms with Crippen molar-refractivity contribution >= 4 is 35.0 Å². The first-order valence-electron chi connectivity index (χ1n) is 8.47. The Morgan fingerprint density at radius 1 is 1.15 bits per heavy atom. The molecule has 0 aromatic heterocycles. The van der Waals surface area contributed by atoms with Crippen molar-refractivity contribution in [3.8, 4) is 5.75 Å². The lowest BCUT2D eigenvalue weighted by atomic mass is 10.1. The maximum absolute atomic E-state index is 12.8. The first kappa shape index (κ1) is 21.1. The van der Waals surface area contributed by atoms with Gasteiger partial charge in [0, 0.05) is 13.6 Å². The molecular formula is C20H22Cl2N2O3. The van der Waals surface area contributed by atoms with Crippen LogP contribution >= 0.6 is 23.2 Å². The summed E-state index contributed by atoms with van der Waals surface area (Å²) in [6.45, 7) is 3.61. The fourth-order valence-electron chi connectivity index (χ4n) is 2.57. The summed E-state index contributed by atoms with van der Waals surface area (Å²) in [7, 11) is 1.53. The summed E-state index contributed by atoms with van der Waals surface area (Å²) in [5.74, 6) is 0.0626. The van der Waals surface area contributed by atoms with E-state index < -0.39 is 6.04 Å². The maximum atomic E-state index is 12.8. The van der Waals surface area contributed by atoms with Crippen LogP contribution in [0, 0.1) is 6.92 Å². The number of aryl methyl sites for hydroxylation is 1. The Bertz CT molecular complexity index is 827.